The quantitative estimate of drug-likeness (QED) is 0.851. The fourth-order valence-electron chi connectivity index (χ4n) is 2.07. The second-order valence-corrected chi connectivity index (χ2v) is 4.98. The average molecular weight is 236 g/mol. The Morgan fingerprint density at radius 3 is 2.65 bits per heavy atom. The van der Waals surface area contributed by atoms with Crippen molar-refractivity contribution in [2.75, 3.05) is 18.0 Å². The third-order valence-electron chi connectivity index (χ3n) is 3.40. The van der Waals surface area contributed by atoms with Crippen molar-refractivity contribution in [2.24, 2.45) is 11.7 Å². The molecule has 0 bridgehead atoms. The van der Waals surface area contributed by atoms with Crippen LogP contribution in [0.15, 0.2) is 18.2 Å². The molecule has 0 saturated heterocycles. The molecule has 2 nitrogen and oxygen atoms in total. The summed E-state index contributed by atoms with van der Waals surface area (Å²) in [5.74, 6) is 0.616. The van der Waals surface area contributed by atoms with Crippen LogP contribution >= 0.6 is 0 Å². The van der Waals surface area contributed by atoms with Gasteiger partial charge in [-0.2, -0.15) is 0 Å². The summed E-state index contributed by atoms with van der Waals surface area (Å²) in [5, 5.41) is 0. The van der Waals surface area contributed by atoms with Crippen molar-refractivity contribution in [2.45, 2.75) is 32.7 Å². The number of nitrogens with zero attached hydrogens (tertiary/aromatic N) is 1. The third kappa shape index (κ3) is 2.97. The standard InChI is InChI=1S/C14H21FN2/c1-3-17(9-11-4-5-11)14-7-6-12(10(2)16)8-13(14)15/h6-8,10-11H,3-5,9,16H2,1-2H3/t10-/m1/s1. The Balaban J connectivity index is 2.17. The van der Waals surface area contributed by atoms with E-state index in [4.69, 9.17) is 5.73 Å². The number of hydrogen-bond donors (Lipinski definition) is 1. The van der Waals surface area contributed by atoms with Crippen molar-refractivity contribution in [3.05, 3.63) is 29.6 Å². The van der Waals surface area contributed by atoms with Gasteiger partial charge in [-0.15, -0.1) is 0 Å². The Bertz CT molecular complexity index is 386. The zero-order chi connectivity index (χ0) is 12.4. The van der Waals surface area contributed by atoms with Gasteiger partial charge in [0.05, 0.1) is 5.69 Å². The molecule has 0 spiro atoms. The first-order valence-corrected chi connectivity index (χ1v) is 6.41. The Morgan fingerprint density at radius 2 is 2.18 bits per heavy atom. The minimum atomic E-state index is -0.151. The van der Waals surface area contributed by atoms with Gasteiger partial charge in [-0.1, -0.05) is 6.07 Å². The van der Waals surface area contributed by atoms with E-state index >= 15 is 0 Å². The topological polar surface area (TPSA) is 29.3 Å². The summed E-state index contributed by atoms with van der Waals surface area (Å²) in [6.07, 6.45) is 2.58. The van der Waals surface area contributed by atoms with E-state index in [1.807, 2.05) is 19.1 Å². The molecular weight excluding hydrogens is 215 g/mol. The summed E-state index contributed by atoms with van der Waals surface area (Å²) in [5.41, 5.74) is 7.32. The molecule has 1 aromatic rings. The van der Waals surface area contributed by atoms with Gasteiger partial charge in [-0.3, -0.25) is 0 Å². The molecule has 1 aliphatic carbocycles. The molecule has 0 aliphatic heterocycles. The lowest BCUT2D eigenvalue weighted by atomic mass is 10.1. The van der Waals surface area contributed by atoms with E-state index in [0.717, 1.165) is 24.6 Å². The molecule has 0 radical (unpaired) electrons. The van der Waals surface area contributed by atoms with Gasteiger partial charge in [0.15, 0.2) is 0 Å². The first kappa shape index (κ1) is 12.4. The second-order valence-electron chi connectivity index (χ2n) is 4.98. The molecule has 1 atom stereocenters. The van der Waals surface area contributed by atoms with Gasteiger partial charge in [0.25, 0.3) is 0 Å². The van der Waals surface area contributed by atoms with Crippen molar-refractivity contribution < 1.29 is 4.39 Å². The number of nitrogens with two attached hydrogens (primary N) is 1. The number of benzene rings is 1. The molecule has 1 aliphatic rings. The maximum Gasteiger partial charge on any atom is 0.146 e. The molecule has 0 aromatic heterocycles. The fourth-order valence-corrected chi connectivity index (χ4v) is 2.07. The van der Waals surface area contributed by atoms with E-state index in [0.29, 0.717) is 5.69 Å². The van der Waals surface area contributed by atoms with Crippen molar-refractivity contribution in [3.63, 3.8) is 0 Å². The van der Waals surface area contributed by atoms with Crippen LogP contribution in [-0.2, 0) is 0 Å². The summed E-state index contributed by atoms with van der Waals surface area (Å²) < 4.78 is 14.0. The molecule has 3 heteroatoms. The number of anilines is 1. The molecule has 2 N–H and O–H groups in total. The van der Waals surface area contributed by atoms with Crippen molar-refractivity contribution in [1.82, 2.24) is 0 Å². The lowest BCUT2D eigenvalue weighted by molar-refractivity contribution is 0.608. The smallest absolute Gasteiger partial charge is 0.146 e. The van der Waals surface area contributed by atoms with E-state index in [2.05, 4.69) is 11.8 Å². The highest BCUT2D eigenvalue weighted by Gasteiger charge is 2.25. The van der Waals surface area contributed by atoms with Gasteiger partial charge in [-0.25, -0.2) is 4.39 Å². The Labute approximate surface area is 103 Å². The minimum Gasteiger partial charge on any atom is -0.369 e. The van der Waals surface area contributed by atoms with Crippen LogP contribution in [0.5, 0.6) is 0 Å². The van der Waals surface area contributed by atoms with E-state index in [-0.39, 0.29) is 11.9 Å². The SMILES string of the molecule is CCN(CC1CC1)c1ccc([C@@H](C)N)cc1F. The van der Waals surface area contributed by atoms with Gasteiger partial charge in [0.1, 0.15) is 5.82 Å². The maximum absolute atomic E-state index is 14.0. The summed E-state index contributed by atoms with van der Waals surface area (Å²) in [4.78, 5) is 2.12. The first-order chi connectivity index (χ1) is 8.11. The maximum atomic E-state index is 14.0. The van der Waals surface area contributed by atoms with E-state index in [9.17, 15) is 4.39 Å². The highest BCUT2D eigenvalue weighted by Crippen LogP contribution is 2.32. The van der Waals surface area contributed by atoms with Crippen LogP contribution in [0, 0.1) is 11.7 Å². The average Bonchev–Trinajstić information content (AvgIpc) is 3.10. The van der Waals surface area contributed by atoms with Crippen LogP contribution < -0.4 is 10.6 Å². The summed E-state index contributed by atoms with van der Waals surface area (Å²) in [6, 6.07) is 5.24. The Hall–Kier alpha value is -1.09. The van der Waals surface area contributed by atoms with Crippen LogP contribution in [0.4, 0.5) is 10.1 Å². The summed E-state index contributed by atoms with van der Waals surface area (Å²) in [7, 11) is 0. The first-order valence-electron chi connectivity index (χ1n) is 6.41. The van der Waals surface area contributed by atoms with Crippen molar-refractivity contribution >= 4 is 5.69 Å². The predicted octanol–water partition coefficient (Wildman–Crippen LogP) is 3.08. The highest BCUT2D eigenvalue weighted by atomic mass is 19.1. The highest BCUT2D eigenvalue weighted by molar-refractivity contribution is 5.49. The van der Waals surface area contributed by atoms with Gasteiger partial charge >= 0.3 is 0 Å². The summed E-state index contributed by atoms with van der Waals surface area (Å²) in [6.45, 7) is 5.77. The number of halogens is 1. The van der Waals surface area contributed by atoms with Gasteiger partial charge < -0.3 is 10.6 Å². The lowest BCUT2D eigenvalue weighted by Gasteiger charge is -2.24. The van der Waals surface area contributed by atoms with E-state index in [1.165, 1.54) is 12.8 Å². The molecule has 17 heavy (non-hydrogen) atoms. The Kier molecular flexibility index (Phi) is 3.67. The molecular formula is C14H21FN2. The Morgan fingerprint density at radius 1 is 1.47 bits per heavy atom. The summed E-state index contributed by atoms with van der Waals surface area (Å²) >= 11 is 0. The van der Waals surface area contributed by atoms with E-state index in [1.54, 1.807) is 6.07 Å². The molecule has 1 saturated carbocycles. The predicted molar refractivity (Wildman–Crippen MR) is 69.6 cm³/mol. The van der Waals surface area contributed by atoms with E-state index < -0.39 is 0 Å². The third-order valence-corrected chi connectivity index (χ3v) is 3.40. The molecule has 1 aromatic carbocycles. The largest absolute Gasteiger partial charge is 0.369 e. The molecule has 0 unspecified atom stereocenters. The fraction of sp³-hybridized carbons (Fsp3) is 0.571. The molecule has 1 fully saturated rings. The lowest BCUT2D eigenvalue weighted by Crippen LogP contribution is -2.26. The van der Waals surface area contributed by atoms with Crippen LogP contribution in [0.25, 0.3) is 0 Å². The molecule has 94 valence electrons. The van der Waals surface area contributed by atoms with Crippen LogP contribution in [-0.4, -0.2) is 13.1 Å². The van der Waals surface area contributed by atoms with Gasteiger partial charge in [0, 0.05) is 19.1 Å². The second kappa shape index (κ2) is 5.05. The van der Waals surface area contributed by atoms with Gasteiger partial charge in [0.2, 0.25) is 0 Å². The zero-order valence-corrected chi connectivity index (χ0v) is 10.6. The van der Waals surface area contributed by atoms with Crippen LogP contribution in [0.3, 0.4) is 0 Å². The van der Waals surface area contributed by atoms with Crippen molar-refractivity contribution in [3.8, 4) is 0 Å². The van der Waals surface area contributed by atoms with Crippen molar-refractivity contribution in [1.29, 1.82) is 0 Å². The monoisotopic (exact) mass is 236 g/mol. The zero-order valence-electron chi connectivity index (χ0n) is 10.6. The molecule has 2 rings (SSSR count). The van der Waals surface area contributed by atoms with Gasteiger partial charge in [-0.05, 0) is 50.3 Å². The molecule has 0 amide bonds. The number of rotatable bonds is 5. The normalized spacial score (nSPS) is 16.9. The minimum absolute atomic E-state index is 0.114. The number of hydrogen-bond acceptors (Lipinski definition) is 2. The van der Waals surface area contributed by atoms with Crippen LogP contribution in [0.1, 0.15) is 38.3 Å². The van der Waals surface area contributed by atoms with Crippen LogP contribution in [0.2, 0.25) is 0 Å². The molecule has 0 heterocycles.